The first-order valence-corrected chi connectivity index (χ1v) is 5.08. The smallest absolute Gasteiger partial charge is 0.0447 e. The van der Waals surface area contributed by atoms with Gasteiger partial charge in [0.2, 0.25) is 0 Å². The van der Waals surface area contributed by atoms with Crippen molar-refractivity contribution in [2.75, 3.05) is 27.7 Å². The van der Waals surface area contributed by atoms with Crippen LogP contribution in [0.5, 0.6) is 0 Å². The van der Waals surface area contributed by atoms with Crippen molar-refractivity contribution in [2.45, 2.75) is 6.04 Å². The summed E-state index contributed by atoms with van der Waals surface area (Å²) in [6.07, 6.45) is 0. The highest BCUT2D eigenvalue weighted by Crippen LogP contribution is 2.17. The van der Waals surface area contributed by atoms with Crippen LogP contribution in [0.15, 0.2) is 24.3 Å². The summed E-state index contributed by atoms with van der Waals surface area (Å²) in [6, 6.07) is 8.32. The average molecular weight is 213 g/mol. The van der Waals surface area contributed by atoms with E-state index in [1.165, 1.54) is 5.56 Å². The van der Waals surface area contributed by atoms with Crippen LogP contribution in [0.1, 0.15) is 11.6 Å². The Hall–Kier alpha value is -0.570. The topological polar surface area (TPSA) is 15.3 Å². The molecule has 0 saturated carbocycles. The highest BCUT2D eigenvalue weighted by Gasteiger charge is 2.09. The van der Waals surface area contributed by atoms with Crippen LogP contribution in [-0.4, -0.2) is 32.6 Å². The van der Waals surface area contributed by atoms with E-state index in [9.17, 15) is 0 Å². The summed E-state index contributed by atoms with van der Waals surface area (Å²) in [7, 11) is 6.10. The molecule has 0 aromatic heterocycles. The zero-order valence-corrected chi connectivity index (χ0v) is 9.67. The molecule has 1 rings (SSSR count). The normalized spacial score (nSPS) is 13.2. The van der Waals surface area contributed by atoms with Crippen molar-refractivity contribution in [2.24, 2.45) is 0 Å². The molecule has 2 nitrogen and oxygen atoms in total. The number of hydrogen-bond acceptors (Lipinski definition) is 2. The minimum Gasteiger partial charge on any atom is -0.312 e. The Labute approximate surface area is 90.9 Å². The molecular formula is C11H17ClN2. The second kappa shape index (κ2) is 5.35. The van der Waals surface area contributed by atoms with Gasteiger partial charge in [0.05, 0.1) is 0 Å². The number of benzene rings is 1. The number of nitrogens with one attached hydrogen (secondary N) is 1. The van der Waals surface area contributed by atoms with Crippen molar-refractivity contribution in [1.82, 2.24) is 10.2 Å². The molecule has 1 N–H and O–H groups in total. The van der Waals surface area contributed by atoms with Gasteiger partial charge in [0.1, 0.15) is 0 Å². The van der Waals surface area contributed by atoms with Gasteiger partial charge in [-0.1, -0.05) is 23.7 Å². The van der Waals surface area contributed by atoms with Crippen LogP contribution in [0.4, 0.5) is 0 Å². The second-order valence-electron chi connectivity index (χ2n) is 3.66. The fraction of sp³-hybridized carbons (Fsp3) is 0.455. The molecule has 0 fully saturated rings. The van der Waals surface area contributed by atoms with Gasteiger partial charge in [-0.2, -0.15) is 0 Å². The molecule has 0 aliphatic rings. The van der Waals surface area contributed by atoms with Crippen molar-refractivity contribution in [1.29, 1.82) is 0 Å². The van der Waals surface area contributed by atoms with Gasteiger partial charge >= 0.3 is 0 Å². The summed E-state index contributed by atoms with van der Waals surface area (Å²) in [5.74, 6) is 0. The van der Waals surface area contributed by atoms with E-state index >= 15 is 0 Å². The van der Waals surface area contributed by atoms with Crippen LogP contribution in [0.3, 0.4) is 0 Å². The van der Waals surface area contributed by atoms with E-state index in [1.807, 2.05) is 25.2 Å². The lowest BCUT2D eigenvalue weighted by Gasteiger charge is -2.21. The van der Waals surface area contributed by atoms with Crippen molar-refractivity contribution in [3.05, 3.63) is 34.9 Å². The number of halogens is 1. The summed E-state index contributed by atoms with van der Waals surface area (Å²) in [5, 5.41) is 4.07. The molecule has 0 spiro atoms. The molecule has 78 valence electrons. The van der Waals surface area contributed by atoms with Gasteiger partial charge in [-0.25, -0.2) is 0 Å². The molecule has 1 aromatic carbocycles. The van der Waals surface area contributed by atoms with Gasteiger partial charge in [0.15, 0.2) is 0 Å². The minimum atomic E-state index is 0.337. The van der Waals surface area contributed by atoms with Gasteiger partial charge in [0, 0.05) is 17.6 Å². The third kappa shape index (κ3) is 3.29. The van der Waals surface area contributed by atoms with E-state index in [1.54, 1.807) is 0 Å². The summed E-state index contributed by atoms with van der Waals surface area (Å²) in [5.41, 5.74) is 1.23. The predicted molar refractivity (Wildman–Crippen MR) is 61.8 cm³/mol. The van der Waals surface area contributed by atoms with Gasteiger partial charge in [0.25, 0.3) is 0 Å². The Bertz CT molecular complexity index is 286. The Morgan fingerprint density at radius 3 is 2.64 bits per heavy atom. The van der Waals surface area contributed by atoms with Crippen LogP contribution in [0.25, 0.3) is 0 Å². The van der Waals surface area contributed by atoms with Crippen LogP contribution in [-0.2, 0) is 0 Å². The van der Waals surface area contributed by atoms with Crippen molar-refractivity contribution in [3.63, 3.8) is 0 Å². The lowest BCUT2D eigenvalue weighted by Crippen LogP contribution is -2.28. The zero-order valence-electron chi connectivity index (χ0n) is 8.92. The second-order valence-corrected chi connectivity index (χ2v) is 4.09. The fourth-order valence-electron chi connectivity index (χ4n) is 1.45. The first-order valence-electron chi connectivity index (χ1n) is 4.71. The van der Waals surface area contributed by atoms with E-state index in [2.05, 4.69) is 30.4 Å². The Balaban J connectivity index is 2.78. The van der Waals surface area contributed by atoms with Crippen LogP contribution in [0, 0.1) is 0 Å². The maximum absolute atomic E-state index is 5.94. The summed E-state index contributed by atoms with van der Waals surface area (Å²) in [4.78, 5) is 2.15. The van der Waals surface area contributed by atoms with E-state index < -0.39 is 0 Å². The molecule has 0 saturated heterocycles. The summed E-state index contributed by atoms with van der Waals surface area (Å²) in [6.45, 7) is 0.969. The number of likely N-dealkylation sites (N-methyl/N-ethyl adjacent to an activating group) is 2. The highest BCUT2D eigenvalue weighted by molar-refractivity contribution is 6.30. The number of rotatable bonds is 4. The molecule has 0 bridgehead atoms. The van der Waals surface area contributed by atoms with Gasteiger partial charge in [-0.3, -0.25) is 0 Å². The maximum atomic E-state index is 5.94. The minimum absolute atomic E-state index is 0.337. The lowest BCUT2D eigenvalue weighted by atomic mass is 10.1. The van der Waals surface area contributed by atoms with E-state index in [0.29, 0.717) is 6.04 Å². The molecule has 0 aliphatic heterocycles. The zero-order chi connectivity index (χ0) is 10.6. The third-order valence-electron chi connectivity index (χ3n) is 2.15. The van der Waals surface area contributed by atoms with Crippen molar-refractivity contribution in [3.8, 4) is 0 Å². The largest absolute Gasteiger partial charge is 0.312 e. The monoisotopic (exact) mass is 212 g/mol. The van der Waals surface area contributed by atoms with Crippen LogP contribution >= 0.6 is 11.6 Å². The summed E-state index contributed by atoms with van der Waals surface area (Å²) < 4.78 is 0. The quantitative estimate of drug-likeness (QED) is 0.823. The van der Waals surface area contributed by atoms with Crippen LogP contribution in [0.2, 0.25) is 5.02 Å². The molecule has 1 atom stereocenters. The number of nitrogens with zero attached hydrogens (tertiary/aromatic N) is 1. The molecule has 0 amide bonds. The SMILES string of the molecule is CNC(CN(C)C)c1cccc(Cl)c1. The Morgan fingerprint density at radius 1 is 1.43 bits per heavy atom. The molecule has 1 aromatic rings. The maximum Gasteiger partial charge on any atom is 0.0447 e. The van der Waals surface area contributed by atoms with Gasteiger partial charge in [-0.05, 0) is 38.8 Å². The van der Waals surface area contributed by atoms with Crippen LogP contribution < -0.4 is 5.32 Å². The van der Waals surface area contributed by atoms with Crippen molar-refractivity contribution >= 4 is 11.6 Å². The predicted octanol–water partition coefficient (Wildman–Crippen LogP) is 2.16. The first-order chi connectivity index (χ1) is 6.63. The standard InChI is InChI=1S/C11H17ClN2/c1-13-11(8-14(2)3)9-5-4-6-10(12)7-9/h4-7,11,13H,8H2,1-3H3. The summed E-state index contributed by atoms with van der Waals surface area (Å²) >= 11 is 5.94. The van der Waals surface area contributed by atoms with Gasteiger partial charge in [-0.15, -0.1) is 0 Å². The molecule has 3 heteroatoms. The third-order valence-corrected chi connectivity index (χ3v) is 2.38. The Morgan fingerprint density at radius 2 is 2.14 bits per heavy atom. The fourth-order valence-corrected chi connectivity index (χ4v) is 1.65. The first kappa shape index (κ1) is 11.5. The molecule has 0 heterocycles. The molecule has 0 radical (unpaired) electrons. The molecule has 14 heavy (non-hydrogen) atoms. The average Bonchev–Trinajstić information content (AvgIpc) is 2.14. The van der Waals surface area contributed by atoms with E-state index in [4.69, 9.17) is 11.6 Å². The van der Waals surface area contributed by atoms with E-state index in [-0.39, 0.29) is 0 Å². The van der Waals surface area contributed by atoms with Gasteiger partial charge < -0.3 is 10.2 Å². The van der Waals surface area contributed by atoms with E-state index in [0.717, 1.165) is 11.6 Å². The lowest BCUT2D eigenvalue weighted by molar-refractivity contribution is 0.353. The number of hydrogen-bond donors (Lipinski definition) is 1. The molecule has 0 aliphatic carbocycles. The molecule has 1 unspecified atom stereocenters. The Kier molecular flexibility index (Phi) is 4.39. The highest BCUT2D eigenvalue weighted by atomic mass is 35.5. The van der Waals surface area contributed by atoms with Crippen molar-refractivity contribution < 1.29 is 0 Å². The molecular weight excluding hydrogens is 196 g/mol.